The lowest BCUT2D eigenvalue weighted by Gasteiger charge is -2.32. The zero-order valence-electron chi connectivity index (χ0n) is 18.4. The molecule has 0 spiro atoms. The molecule has 2 heterocycles. The standard InChI is InChI=1S/C27H28ClN3O/c1-2-31-25-11-4-3-10-23(25)24-16-22(12-13-26(24)31)29-27(32)20-8-6-14-30(18-20)17-19-7-5-9-21(28)15-19/h3-5,7,9-13,15-16,20H,2,6,8,14,17-18H2,1H3,(H,29,32). The molecule has 1 aliphatic rings. The molecular formula is C27H28ClN3O. The molecule has 0 radical (unpaired) electrons. The molecule has 0 saturated carbocycles. The van der Waals surface area contributed by atoms with Crippen LogP contribution in [0.15, 0.2) is 66.7 Å². The molecule has 3 aromatic carbocycles. The summed E-state index contributed by atoms with van der Waals surface area (Å²) in [5, 5.41) is 6.37. The number of rotatable bonds is 5. The Bertz CT molecular complexity index is 1280. The third-order valence-corrected chi connectivity index (χ3v) is 6.76. The first-order valence-corrected chi connectivity index (χ1v) is 11.8. The Morgan fingerprint density at radius 3 is 2.72 bits per heavy atom. The summed E-state index contributed by atoms with van der Waals surface area (Å²) in [5.41, 5.74) is 4.50. The number of nitrogens with zero attached hydrogens (tertiary/aromatic N) is 2. The lowest BCUT2D eigenvalue weighted by Crippen LogP contribution is -2.40. The summed E-state index contributed by atoms with van der Waals surface area (Å²) >= 11 is 6.14. The van der Waals surface area contributed by atoms with Gasteiger partial charge in [-0.25, -0.2) is 0 Å². The molecule has 1 aliphatic heterocycles. The van der Waals surface area contributed by atoms with Crippen LogP contribution in [0.2, 0.25) is 5.02 Å². The van der Waals surface area contributed by atoms with Gasteiger partial charge >= 0.3 is 0 Å². The van der Waals surface area contributed by atoms with Crippen molar-refractivity contribution in [3.8, 4) is 0 Å². The van der Waals surface area contributed by atoms with Crippen molar-refractivity contribution >= 4 is 45.0 Å². The van der Waals surface area contributed by atoms with Crippen molar-refractivity contribution in [3.63, 3.8) is 0 Å². The van der Waals surface area contributed by atoms with Crippen LogP contribution in [0.5, 0.6) is 0 Å². The third kappa shape index (κ3) is 4.13. The normalized spacial score (nSPS) is 17.1. The number of hydrogen-bond donors (Lipinski definition) is 1. The number of carbonyl (C=O) groups excluding carboxylic acids is 1. The minimum Gasteiger partial charge on any atom is -0.341 e. The van der Waals surface area contributed by atoms with Crippen molar-refractivity contribution in [2.45, 2.75) is 32.9 Å². The van der Waals surface area contributed by atoms with E-state index in [9.17, 15) is 4.79 Å². The van der Waals surface area contributed by atoms with Crippen molar-refractivity contribution in [1.82, 2.24) is 9.47 Å². The molecule has 1 aromatic heterocycles. The molecule has 0 aliphatic carbocycles. The van der Waals surface area contributed by atoms with Gasteiger partial charge in [0.2, 0.25) is 5.91 Å². The summed E-state index contributed by atoms with van der Waals surface area (Å²) in [6, 6.07) is 22.7. The molecule has 5 rings (SSSR count). The van der Waals surface area contributed by atoms with E-state index in [-0.39, 0.29) is 11.8 Å². The Morgan fingerprint density at radius 1 is 1.03 bits per heavy atom. The van der Waals surface area contributed by atoms with E-state index in [4.69, 9.17) is 11.6 Å². The molecule has 32 heavy (non-hydrogen) atoms. The Hall–Kier alpha value is -2.82. The molecule has 5 heteroatoms. The predicted molar refractivity (Wildman–Crippen MR) is 133 cm³/mol. The van der Waals surface area contributed by atoms with E-state index in [0.29, 0.717) is 0 Å². The van der Waals surface area contributed by atoms with E-state index in [0.717, 1.165) is 49.7 Å². The zero-order valence-corrected chi connectivity index (χ0v) is 19.1. The van der Waals surface area contributed by atoms with Crippen LogP contribution in [0.4, 0.5) is 5.69 Å². The first-order chi connectivity index (χ1) is 15.6. The lowest BCUT2D eigenvalue weighted by molar-refractivity contribution is -0.121. The molecule has 1 N–H and O–H groups in total. The summed E-state index contributed by atoms with van der Waals surface area (Å²) < 4.78 is 2.32. The average molecular weight is 446 g/mol. The fourth-order valence-electron chi connectivity index (χ4n) is 5.02. The topological polar surface area (TPSA) is 37.3 Å². The van der Waals surface area contributed by atoms with Crippen LogP contribution >= 0.6 is 11.6 Å². The number of nitrogens with one attached hydrogen (secondary N) is 1. The van der Waals surface area contributed by atoms with Gasteiger partial charge in [0.1, 0.15) is 0 Å². The van der Waals surface area contributed by atoms with Crippen LogP contribution in [0.1, 0.15) is 25.3 Å². The molecule has 164 valence electrons. The minimum absolute atomic E-state index is 0.00406. The van der Waals surface area contributed by atoms with Gasteiger partial charge in [0.25, 0.3) is 0 Å². The van der Waals surface area contributed by atoms with Crippen LogP contribution in [0, 0.1) is 5.92 Å². The van der Waals surface area contributed by atoms with Crippen molar-refractivity contribution in [1.29, 1.82) is 0 Å². The summed E-state index contributed by atoms with van der Waals surface area (Å²) in [5.74, 6) is 0.106. The highest BCUT2D eigenvalue weighted by Gasteiger charge is 2.26. The second kappa shape index (κ2) is 8.97. The quantitative estimate of drug-likeness (QED) is 0.390. The van der Waals surface area contributed by atoms with Gasteiger partial charge in [0.15, 0.2) is 0 Å². The number of hydrogen-bond acceptors (Lipinski definition) is 2. The van der Waals surface area contributed by atoms with Gasteiger partial charge in [0.05, 0.1) is 5.92 Å². The smallest absolute Gasteiger partial charge is 0.228 e. The maximum atomic E-state index is 13.1. The van der Waals surface area contributed by atoms with Crippen molar-refractivity contribution in [2.24, 2.45) is 5.92 Å². The van der Waals surface area contributed by atoms with Gasteiger partial charge < -0.3 is 9.88 Å². The summed E-state index contributed by atoms with van der Waals surface area (Å²) in [4.78, 5) is 15.5. The minimum atomic E-state index is -0.00406. The largest absolute Gasteiger partial charge is 0.341 e. The first kappa shape index (κ1) is 21.0. The first-order valence-electron chi connectivity index (χ1n) is 11.4. The number of amides is 1. The fourth-order valence-corrected chi connectivity index (χ4v) is 5.24. The number of aromatic nitrogens is 1. The molecule has 0 bridgehead atoms. The van der Waals surface area contributed by atoms with Gasteiger partial charge in [-0.2, -0.15) is 0 Å². The molecule has 1 saturated heterocycles. The number of anilines is 1. The summed E-state index contributed by atoms with van der Waals surface area (Å²) in [6.07, 6.45) is 1.96. The van der Waals surface area contributed by atoms with Crippen molar-refractivity contribution < 1.29 is 4.79 Å². The van der Waals surface area contributed by atoms with Crippen LogP contribution in [-0.4, -0.2) is 28.5 Å². The molecule has 1 atom stereocenters. The van der Waals surface area contributed by atoms with E-state index >= 15 is 0 Å². The second-order valence-electron chi connectivity index (χ2n) is 8.69. The predicted octanol–water partition coefficient (Wildman–Crippen LogP) is 6.32. The SMILES string of the molecule is CCn1c2ccccc2c2cc(NC(=O)C3CCCN(Cc4cccc(Cl)c4)C3)ccc21. The Morgan fingerprint density at radius 2 is 1.88 bits per heavy atom. The Kier molecular flexibility index (Phi) is 5.90. The van der Waals surface area contributed by atoms with Crippen molar-refractivity contribution in [2.75, 3.05) is 18.4 Å². The number of piperidine rings is 1. The van der Waals surface area contributed by atoms with Crippen LogP contribution in [-0.2, 0) is 17.9 Å². The molecular weight excluding hydrogens is 418 g/mol. The highest BCUT2D eigenvalue weighted by molar-refractivity contribution is 6.30. The Labute approximate surface area is 193 Å². The number of fused-ring (bicyclic) bond motifs is 3. The van der Waals surface area contributed by atoms with E-state index in [1.54, 1.807) is 0 Å². The van der Waals surface area contributed by atoms with E-state index in [2.05, 4.69) is 64.2 Å². The van der Waals surface area contributed by atoms with Crippen LogP contribution < -0.4 is 5.32 Å². The number of para-hydroxylation sites is 1. The number of carbonyl (C=O) groups is 1. The lowest BCUT2D eigenvalue weighted by atomic mass is 9.96. The monoisotopic (exact) mass is 445 g/mol. The highest BCUT2D eigenvalue weighted by atomic mass is 35.5. The summed E-state index contributed by atoms with van der Waals surface area (Å²) in [7, 11) is 0. The Balaban J connectivity index is 1.32. The number of halogens is 1. The van der Waals surface area contributed by atoms with Gasteiger partial charge in [-0.3, -0.25) is 9.69 Å². The van der Waals surface area contributed by atoms with Crippen LogP contribution in [0.3, 0.4) is 0 Å². The van der Waals surface area contributed by atoms with E-state index in [1.807, 2.05) is 24.3 Å². The third-order valence-electron chi connectivity index (χ3n) is 6.53. The number of aryl methyl sites for hydroxylation is 1. The van der Waals surface area contributed by atoms with Crippen LogP contribution in [0.25, 0.3) is 21.8 Å². The van der Waals surface area contributed by atoms with Gasteiger partial charge in [0, 0.05) is 52.2 Å². The average Bonchev–Trinajstić information content (AvgIpc) is 3.12. The molecule has 1 fully saturated rings. The number of likely N-dealkylation sites (tertiary alicyclic amines) is 1. The molecule has 4 aromatic rings. The zero-order chi connectivity index (χ0) is 22.1. The molecule has 4 nitrogen and oxygen atoms in total. The number of benzene rings is 3. The second-order valence-corrected chi connectivity index (χ2v) is 9.12. The van der Waals surface area contributed by atoms with E-state index < -0.39 is 0 Å². The van der Waals surface area contributed by atoms with Gasteiger partial charge in [-0.15, -0.1) is 0 Å². The maximum Gasteiger partial charge on any atom is 0.228 e. The molecule has 1 unspecified atom stereocenters. The van der Waals surface area contributed by atoms with Crippen molar-refractivity contribution in [3.05, 3.63) is 77.3 Å². The molecule has 1 amide bonds. The van der Waals surface area contributed by atoms with E-state index in [1.165, 1.54) is 27.4 Å². The highest BCUT2D eigenvalue weighted by Crippen LogP contribution is 2.31. The fraction of sp³-hybridized carbons (Fsp3) is 0.296. The summed E-state index contributed by atoms with van der Waals surface area (Å²) in [6.45, 7) is 5.70. The maximum absolute atomic E-state index is 13.1. The van der Waals surface area contributed by atoms with Gasteiger partial charge in [-0.1, -0.05) is 41.9 Å². The van der Waals surface area contributed by atoms with Gasteiger partial charge in [-0.05, 0) is 68.3 Å².